The number of aromatic nitrogens is 2. The second-order valence-electron chi connectivity index (χ2n) is 1.88. The Balaban J connectivity index is 2.82. The Morgan fingerprint density at radius 1 is 1.90 bits per heavy atom. The van der Waals surface area contributed by atoms with Crippen LogP contribution in [0.3, 0.4) is 0 Å². The molecule has 4 N–H and O–H groups in total. The summed E-state index contributed by atoms with van der Waals surface area (Å²) in [6.45, 7) is 0.195. The Bertz CT molecular complexity index is 212. The maximum atomic E-state index is 9.17. The first-order chi connectivity index (χ1) is 4.75. The Kier molecular flexibility index (Phi) is 2.42. The molecule has 1 atom stereocenters. The summed E-state index contributed by atoms with van der Waals surface area (Å²) < 4.78 is 0.755. The average molecular weight is 206 g/mol. The van der Waals surface area contributed by atoms with Crippen LogP contribution in [0.25, 0.3) is 0 Å². The number of nitrogens with zero attached hydrogens (tertiary/aromatic N) is 1. The first kappa shape index (κ1) is 7.71. The lowest BCUT2D eigenvalue weighted by atomic mass is 10.3. The van der Waals surface area contributed by atoms with Gasteiger partial charge in [-0.15, -0.1) is 0 Å². The molecule has 0 aliphatic carbocycles. The minimum absolute atomic E-state index is 0.195. The molecule has 0 saturated carbocycles. The van der Waals surface area contributed by atoms with Crippen LogP contribution >= 0.6 is 15.9 Å². The molecule has 10 heavy (non-hydrogen) atoms. The average Bonchev–Trinajstić information content (AvgIpc) is 2.34. The summed E-state index contributed by atoms with van der Waals surface area (Å²) in [7, 11) is 0. The molecular weight excluding hydrogens is 198 g/mol. The number of nitrogens with one attached hydrogen (secondary N) is 1. The third kappa shape index (κ3) is 1.36. The number of aliphatic hydroxyl groups is 1. The number of hydrogen-bond donors (Lipinski definition) is 3. The van der Waals surface area contributed by atoms with Crippen molar-refractivity contribution >= 4 is 15.9 Å². The standard InChI is InChI=1S/C5H8BrN3O/c6-3-2-8-9-5(3)4(10)1-7/h2,4,10H,1,7H2,(H,8,9). The van der Waals surface area contributed by atoms with Crippen molar-refractivity contribution in [2.75, 3.05) is 6.54 Å². The van der Waals surface area contributed by atoms with Gasteiger partial charge in [0.05, 0.1) is 16.4 Å². The lowest BCUT2D eigenvalue weighted by Crippen LogP contribution is -2.12. The molecule has 1 heterocycles. The van der Waals surface area contributed by atoms with Gasteiger partial charge in [0, 0.05) is 6.54 Å². The maximum Gasteiger partial charge on any atom is 0.109 e. The summed E-state index contributed by atoms with van der Waals surface area (Å²) in [5.41, 5.74) is 5.84. The van der Waals surface area contributed by atoms with Crippen molar-refractivity contribution in [3.8, 4) is 0 Å². The number of aromatic amines is 1. The minimum atomic E-state index is -0.656. The van der Waals surface area contributed by atoms with Crippen LogP contribution in [0.15, 0.2) is 10.7 Å². The molecule has 1 aromatic rings. The van der Waals surface area contributed by atoms with E-state index in [4.69, 9.17) is 5.73 Å². The molecule has 0 radical (unpaired) electrons. The fraction of sp³-hybridized carbons (Fsp3) is 0.400. The molecule has 0 aliphatic heterocycles. The summed E-state index contributed by atoms with van der Waals surface area (Å²) in [5.74, 6) is 0. The van der Waals surface area contributed by atoms with Gasteiger partial charge in [0.1, 0.15) is 6.10 Å². The summed E-state index contributed by atoms with van der Waals surface area (Å²) in [6.07, 6.45) is 0.922. The van der Waals surface area contributed by atoms with E-state index in [1.165, 1.54) is 0 Å². The second-order valence-corrected chi connectivity index (χ2v) is 2.74. The van der Waals surface area contributed by atoms with Crippen molar-refractivity contribution in [1.29, 1.82) is 0 Å². The van der Waals surface area contributed by atoms with Crippen LogP contribution < -0.4 is 5.73 Å². The molecule has 0 saturated heterocycles. The van der Waals surface area contributed by atoms with E-state index in [9.17, 15) is 5.11 Å². The number of aliphatic hydroxyl groups excluding tert-OH is 1. The Morgan fingerprint density at radius 2 is 2.60 bits per heavy atom. The quantitative estimate of drug-likeness (QED) is 0.645. The normalized spacial score (nSPS) is 13.5. The second kappa shape index (κ2) is 3.14. The zero-order valence-corrected chi connectivity index (χ0v) is 6.80. The first-order valence-electron chi connectivity index (χ1n) is 2.82. The highest BCUT2D eigenvalue weighted by Crippen LogP contribution is 2.18. The Morgan fingerprint density at radius 3 is 3.00 bits per heavy atom. The summed E-state index contributed by atoms with van der Waals surface area (Å²) in [6, 6.07) is 0. The Hall–Kier alpha value is -0.390. The topological polar surface area (TPSA) is 74.9 Å². The molecular formula is C5H8BrN3O. The molecule has 0 fully saturated rings. The molecule has 5 heteroatoms. The van der Waals surface area contributed by atoms with Gasteiger partial charge in [-0.3, -0.25) is 5.10 Å². The number of hydrogen-bond acceptors (Lipinski definition) is 3. The number of nitrogens with two attached hydrogens (primary N) is 1. The van der Waals surface area contributed by atoms with E-state index in [1.54, 1.807) is 6.20 Å². The van der Waals surface area contributed by atoms with Gasteiger partial charge in [0.2, 0.25) is 0 Å². The molecule has 0 aromatic carbocycles. The lowest BCUT2D eigenvalue weighted by Gasteiger charge is -2.03. The molecule has 1 rings (SSSR count). The first-order valence-corrected chi connectivity index (χ1v) is 3.62. The van der Waals surface area contributed by atoms with Crippen LogP contribution in [0.5, 0.6) is 0 Å². The predicted octanol–water partition coefficient (Wildman–Crippen LogP) is 0.164. The van der Waals surface area contributed by atoms with Crippen molar-refractivity contribution in [3.63, 3.8) is 0 Å². The third-order valence-corrected chi connectivity index (χ3v) is 1.81. The predicted molar refractivity (Wildman–Crippen MR) is 40.3 cm³/mol. The van der Waals surface area contributed by atoms with Crippen molar-refractivity contribution in [2.24, 2.45) is 5.73 Å². The van der Waals surface area contributed by atoms with Gasteiger partial charge in [-0.2, -0.15) is 5.10 Å². The van der Waals surface area contributed by atoms with Gasteiger partial charge in [-0.25, -0.2) is 0 Å². The molecule has 4 nitrogen and oxygen atoms in total. The van der Waals surface area contributed by atoms with Crippen LogP contribution in [0.4, 0.5) is 0 Å². The molecule has 1 unspecified atom stereocenters. The molecule has 0 bridgehead atoms. The number of H-pyrrole nitrogens is 1. The van der Waals surface area contributed by atoms with Crippen molar-refractivity contribution in [2.45, 2.75) is 6.10 Å². The van der Waals surface area contributed by atoms with Crippen LogP contribution in [0, 0.1) is 0 Å². The molecule has 56 valence electrons. The van der Waals surface area contributed by atoms with Gasteiger partial charge in [0.25, 0.3) is 0 Å². The molecule has 1 aromatic heterocycles. The van der Waals surface area contributed by atoms with E-state index in [0.717, 1.165) is 4.47 Å². The SMILES string of the molecule is NCC(O)c1[nH]ncc1Br. The van der Waals surface area contributed by atoms with Crippen LogP contribution in [-0.4, -0.2) is 21.8 Å². The van der Waals surface area contributed by atoms with Crippen molar-refractivity contribution in [1.82, 2.24) is 10.2 Å². The summed E-state index contributed by atoms with van der Waals surface area (Å²) in [4.78, 5) is 0. The summed E-state index contributed by atoms with van der Waals surface area (Å²) >= 11 is 3.20. The fourth-order valence-electron chi connectivity index (χ4n) is 0.633. The van der Waals surface area contributed by atoms with Gasteiger partial charge in [0.15, 0.2) is 0 Å². The number of rotatable bonds is 2. The van der Waals surface area contributed by atoms with E-state index in [0.29, 0.717) is 5.69 Å². The van der Waals surface area contributed by atoms with Gasteiger partial charge in [-0.05, 0) is 15.9 Å². The number of halogens is 1. The van der Waals surface area contributed by atoms with E-state index < -0.39 is 6.10 Å². The maximum absolute atomic E-state index is 9.17. The summed E-state index contributed by atoms with van der Waals surface area (Å²) in [5, 5.41) is 15.5. The minimum Gasteiger partial charge on any atom is -0.385 e. The van der Waals surface area contributed by atoms with Crippen LogP contribution in [0.1, 0.15) is 11.8 Å². The molecule has 0 amide bonds. The fourth-order valence-corrected chi connectivity index (χ4v) is 1.09. The molecule has 0 aliphatic rings. The van der Waals surface area contributed by atoms with Crippen LogP contribution in [-0.2, 0) is 0 Å². The Labute approximate surface area is 66.6 Å². The van der Waals surface area contributed by atoms with Gasteiger partial charge < -0.3 is 10.8 Å². The monoisotopic (exact) mass is 205 g/mol. The van der Waals surface area contributed by atoms with E-state index in [1.807, 2.05) is 0 Å². The van der Waals surface area contributed by atoms with Gasteiger partial charge in [-0.1, -0.05) is 0 Å². The van der Waals surface area contributed by atoms with Crippen molar-refractivity contribution in [3.05, 3.63) is 16.4 Å². The third-order valence-electron chi connectivity index (χ3n) is 1.18. The highest BCUT2D eigenvalue weighted by atomic mass is 79.9. The molecule has 0 spiro atoms. The van der Waals surface area contributed by atoms with Crippen LogP contribution in [0.2, 0.25) is 0 Å². The van der Waals surface area contributed by atoms with Crippen molar-refractivity contribution < 1.29 is 5.11 Å². The largest absolute Gasteiger partial charge is 0.385 e. The zero-order valence-electron chi connectivity index (χ0n) is 5.21. The zero-order chi connectivity index (χ0) is 7.56. The highest BCUT2D eigenvalue weighted by Gasteiger charge is 2.09. The smallest absolute Gasteiger partial charge is 0.109 e. The highest BCUT2D eigenvalue weighted by molar-refractivity contribution is 9.10. The van der Waals surface area contributed by atoms with E-state index >= 15 is 0 Å². The van der Waals surface area contributed by atoms with E-state index in [-0.39, 0.29) is 6.54 Å². The van der Waals surface area contributed by atoms with Gasteiger partial charge >= 0.3 is 0 Å². The van der Waals surface area contributed by atoms with E-state index in [2.05, 4.69) is 26.1 Å². The lowest BCUT2D eigenvalue weighted by molar-refractivity contribution is 0.181.